The van der Waals surface area contributed by atoms with Gasteiger partial charge in [0.2, 0.25) is 0 Å². The summed E-state index contributed by atoms with van der Waals surface area (Å²) in [6, 6.07) is 31.1. The van der Waals surface area contributed by atoms with Crippen molar-refractivity contribution in [1.82, 2.24) is 0 Å². The first kappa shape index (κ1) is 21.4. The molecule has 1 N–H and O–H groups in total. The number of benzene rings is 4. The standard InChI is InChI=1S/C26H20O.2ClH.Ti/c27-26(20-10-2-1-3-11-20)25-22-13-7-5-9-19(22)15-17-24(25)23-16-14-18-8-4-6-12-21(18)23;;;/h1-17,23,26-27H;2*1H;/q;;;+2/p-2. The van der Waals surface area contributed by atoms with Crippen LogP contribution in [0.4, 0.5) is 0 Å². The molecule has 1 nitrogen and oxygen atoms in total. The predicted octanol–water partition coefficient (Wildman–Crippen LogP) is 7.46. The molecule has 1 aliphatic carbocycles. The number of rotatable bonds is 3. The Hall–Kier alpha value is -1.87. The van der Waals surface area contributed by atoms with Crippen LogP contribution < -0.4 is 0 Å². The average Bonchev–Trinajstić information content (AvgIpc) is 3.23. The van der Waals surface area contributed by atoms with E-state index in [1.54, 1.807) is 0 Å². The van der Waals surface area contributed by atoms with E-state index >= 15 is 0 Å². The van der Waals surface area contributed by atoms with Gasteiger partial charge in [0.1, 0.15) is 6.10 Å². The fraction of sp³-hybridized carbons (Fsp3) is 0.0769. The van der Waals surface area contributed by atoms with E-state index in [2.05, 4.69) is 60.7 Å². The molecule has 0 aliphatic heterocycles. The van der Waals surface area contributed by atoms with Gasteiger partial charge in [0.05, 0.1) is 0 Å². The van der Waals surface area contributed by atoms with Crippen molar-refractivity contribution in [2.75, 3.05) is 0 Å². The van der Waals surface area contributed by atoms with Crippen LogP contribution in [0.5, 0.6) is 0 Å². The zero-order chi connectivity index (χ0) is 20.9. The molecule has 0 heterocycles. The third-order valence-corrected chi connectivity index (χ3v) is 5.53. The molecule has 5 rings (SSSR count). The minimum atomic E-state index is -0.659. The molecular weight excluding hydrogens is 447 g/mol. The van der Waals surface area contributed by atoms with Crippen LogP contribution >= 0.6 is 18.6 Å². The van der Waals surface area contributed by atoms with Gasteiger partial charge >= 0.3 is 35.6 Å². The Morgan fingerprint density at radius 3 is 2.20 bits per heavy atom. The Morgan fingerprint density at radius 2 is 1.40 bits per heavy atom. The predicted molar refractivity (Wildman–Crippen MR) is 123 cm³/mol. The molecule has 0 saturated carbocycles. The van der Waals surface area contributed by atoms with Gasteiger partial charge in [0, 0.05) is 5.92 Å². The summed E-state index contributed by atoms with van der Waals surface area (Å²) in [6.07, 6.45) is 3.78. The molecular formula is C26H20Cl2OTi. The first-order valence-electron chi connectivity index (χ1n) is 9.72. The molecule has 0 saturated heterocycles. The van der Waals surface area contributed by atoms with E-state index in [1.807, 2.05) is 42.5 Å². The molecule has 4 heteroatoms. The van der Waals surface area contributed by atoms with Gasteiger partial charge < -0.3 is 5.11 Å². The van der Waals surface area contributed by atoms with Crippen molar-refractivity contribution < 1.29 is 22.1 Å². The molecule has 2 atom stereocenters. The van der Waals surface area contributed by atoms with Crippen molar-refractivity contribution in [3.8, 4) is 0 Å². The molecule has 0 fully saturated rings. The van der Waals surface area contributed by atoms with Crippen LogP contribution in [0.1, 0.15) is 39.8 Å². The van der Waals surface area contributed by atoms with Crippen LogP contribution in [0.15, 0.2) is 97.1 Å². The molecule has 148 valence electrons. The van der Waals surface area contributed by atoms with Crippen molar-refractivity contribution in [3.05, 3.63) is 125 Å². The van der Waals surface area contributed by atoms with Crippen molar-refractivity contribution >= 4 is 35.5 Å². The number of hydrogen-bond acceptors (Lipinski definition) is 1. The van der Waals surface area contributed by atoms with Crippen molar-refractivity contribution in [2.45, 2.75) is 12.0 Å². The molecule has 0 bridgehead atoms. The van der Waals surface area contributed by atoms with Crippen LogP contribution in [0, 0.1) is 0 Å². The van der Waals surface area contributed by atoms with Crippen LogP contribution in [0.3, 0.4) is 0 Å². The fourth-order valence-electron chi connectivity index (χ4n) is 4.21. The SMILES string of the molecule is OC(c1ccccc1)c1c(C2C=Cc3ccccc32)ccc2ccccc12.[Cl][Ti][Cl]. The second-order valence-corrected chi connectivity index (χ2v) is 9.72. The van der Waals surface area contributed by atoms with E-state index in [-0.39, 0.29) is 5.92 Å². The van der Waals surface area contributed by atoms with Crippen molar-refractivity contribution in [1.29, 1.82) is 0 Å². The van der Waals surface area contributed by atoms with Crippen molar-refractivity contribution in [2.24, 2.45) is 0 Å². The second-order valence-electron chi connectivity index (χ2n) is 7.14. The second kappa shape index (κ2) is 9.96. The minimum absolute atomic E-state index is 0.166. The molecule has 30 heavy (non-hydrogen) atoms. The molecule has 2 unspecified atom stereocenters. The normalized spacial score (nSPS) is 15.2. The van der Waals surface area contributed by atoms with Gasteiger partial charge in [-0.25, -0.2) is 0 Å². The number of aliphatic hydroxyl groups excluding tert-OH is 1. The van der Waals surface area contributed by atoms with Crippen LogP contribution in [-0.4, -0.2) is 5.11 Å². The number of aliphatic hydroxyl groups is 1. The summed E-state index contributed by atoms with van der Waals surface area (Å²) in [5.41, 5.74) is 5.66. The molecule has 0 aromatic heterocycles. The summed E-state index contributed by atoms with van der Waals surface area (Å²) in [4.78, 5) is 0. The number of allylic oxidation sites excluding steroid dienone is 1. The fourth-order valence-corrected chi connectivity index (χ4v) is 4.21. The zero-order valence-electron chi connectivity index (χ0n) is 16.2. The maximum atomic E-state index is 11.4. The first-order valence-corrected chi connectivity index (χ1v) is 14.0. The van der Waals surface area contributed by atoms with Crippen molar-refractivity contribution in [3.63, 3.8) is 0 Å². The molecule has 0 spiro atoms. The number of hydrogen-bond donors (Lipinski definition) is 1. The third-order valence-electron chi connectivity index (χ3n) is 5.53. The summed E-state index contributed by atoms with van der Waals surface area (Å²) in [6.45, 7) is 0. The van der Waals surface area contributed by atoms with Crippen LogP contribution in [0.2, 0.25) is 0 Å². The van der Waals surface area contributed by atoms with Gasteiger partial charge in [0.15, 0.2) is 0 Å². The van der Waals surface area contributed by atoms with Gasteiger partial charge in [-0.3, -0.25) is 0 Å². The summed E-state index contributed by atoms with van der Waals surface area (Å²) in [5, 5.41) is 13.6. The Kier molecular flexibility index (Phi) is 7.10. The molecule has 1 aliphatic rings. The van der Waals surface area contributed by atoms with E-state index in [0.29, 0.717) is 0 Å². The van der Waals surface area contributed by atoms with Gasteiger partial charge in [-0.05, 0) is 38.6 Å². The Labute approximate surface area is 193 Å². The van der Waals surface area contributed by atoms with Gasteiger partial charge in [0.25, 0.3) is 0 Å². The van der Waals surface area contributed by atoms with E-state index in [9.17, 15) is 5.11 Å². The van der Waals surface area contributed by atoms with E-state index in [1.165, 1.54) is 16.7 Å². The summed E-state index contributed by atoms with van der Waals surface area (Å²) in [7, 11) is 9.78. The summed E-state index contributed by atoms with van der Waals surface area (Å²) < 4.78 is 0. The van der Waals surface area contributed by atoms with Crippen LogP contribution in [0.25, 0.3) is 16.8 Å². The van der Waals surface area contributed by atoms with Gasteiger partial charge in [-0.1, -0.05) is 103 Å². The quantitative estimate of drug-likeness (QED) is 0.310. The average molecular weight is 467 g/mol. The molecule has 0 radical (unpaired) electrons. The third kappa shape index (κ3) is 4.28. The van der Waals surface area contributed by atoms with E-state index < -0.39 is 23.1 Å². The Balaban J connectivity index is 0.000000687. The van der Waals surface area contributed by atoms with E-state index in [0.717, 1.165) is 21.9 Å². The molecule has 4 aromatic rings. The Morgan fingerprint density at radius 1 is 0.733 bits per heavy atom. The first-order chi connectivity index (χ1) is 14.7. The zero-order valence-corrected chi connectivity index (χ0v) is 19.2. The summed E-state index contributed by atoms with van der Waals surface area (Å²) in [5.74, 6) is 0.166. The monoisotopic (exact) mass is 466 g/mol. The number of fused-ring (bicyclic) bond motifs is 2. The van der Waals surface area contributed by atoms with Gasteiger partial charge in [-0.15, -0.1) is 0 Å². The Bertz CT molecular complexity index is 1170. The molecule has 0 amide bonds. The van der Waals surface area contributed by atoms with Gasteiger partial charge in [-0.2, -0.15) is 0 Å². The molecule has 4 aromatic carbocycles. The van der Waals surface area contributed by atoms with E-state index in [4.69, 9.17) is 18.6 Å². The topological polar surface area (TPSA) is 20.2 Å². The van der Waals surface area contributed by atoms with Crippen LogP contribution in [-0.2, 0) is 17.0 Å². The number of halogens is 2. The maximum absolute atomic E-state index is 11.4. The summed E-state index contributed by atoms with van der Waals surface area (Å²) >= 11 is -0.556.